The van der Waals surface area contributed by atoms with E-state index in [2.05, 4.69) is 15.3 Å². The van der Waals surface area contributed by atoms with Gasteiger partial charge in [0.1, 0.15) is 5.15 Å². The number of hydrogen-bond acceptors (Lipinski definition) is 5. The summed E-state index contributed by atoms with van der Waals surface area (Å²) in [5.41, 5.74) is 0.0168. The van der Waals surface area contributed by atoms with Gasteiger partial charge in [-0.15, -0.1) is 0 Å². The highest BCUT2D eigenvalue weighted by atomic mass is 35.5. The fourth-order valence-corrected chi connectivity index (χ4v) is 5.87. The Labute approximate surface area is 151 Å². The standard InChI is InChI=1S/C17H22ClN3O2S/c1-24-16-19-13(18)5-15(20-16)23-9-14(22)21-17-6-10-2-11(7-17)4-12(3-10)8-17/h5,10-12H,2-4,6-9H2,1H3,(H,21,22). The molecule has 4 aliphatic rings. The summed E-state index contributed by atoms with van der Waals surface area (Å²) >= 11 is 7.33. The minimum absolute atomic E-state index is 0.0168. The van der Waals surface area contributed by atoms with Crippen molar-refractivity contribution in [2.45, 2.75) is 49.2 Å². The molecule has 0 radical (unpaired) electrons. The zero-order valence-corrected chi connectivity index (χ0v) is 15.3. The first kappa shape index (κ1) is 16.5. The topological polar surface area (TPSA) is 64.1 Å². The van der Waals surface area contributed by atoms with Gasteiger partial charge in [0.2, 0.25) is 5.88 Å². The van der Waals surface area contributed by atoms with Gasteiger partial charge in [-0.25, -0.2) is 4.98 Å². The van der Waals surface area contributed by atoms with E-state index in [1.54, 1.807) is 6.07 Å². The summed E-state index contributed by atoms with van der Waals surface area (Å²) in [6.45, 7) is -0.0249. The van der Waals surface area contributed by atoms with E-state index in [0.717, 1.165) is 37.0 Å². The molecule has 4 bridgehead atoms. The molecule has 4 saturated carbocycles. The third kappa shape index (κ3) is 3.36. The number of hydrogen-bond donors (Lipinski definition) is 1. The molecule has 1 aromatic heterocycles. The molecule has 5 rings (SSSR count). The van der Waals surface area contributed by atoms with Crippen LogP contribution in [0, 0.1) is 17.8 Å². The molecule has 0 spiro atoms. The van der Waals surface area contributed by atoms with Gasteiger partial charge >= 0.3 is 0 Å². The van der Waals surface area contributed by atoms with E-state index in [9.17, 15) is 4.79 Å². The van der Waals surface area contributed by atoms with Gasteiger partial charge in [-0.05, 0) is 62.5 Å². The van der Waals surface area contributed by atoms with Gasteiger partial charge in [0.05, 0.1) is 0 Å². The molecule has 1 heterocycles. The van der Waals surface area contributed by atoms with Crippen LogP contribution >= 0.6 is 23.4 Å². The third-order valence-corrected chi connectivity index (χ3v) is 6.37. The van der Waals surface area contributed by atoms with Crippen molar-refractivity contribution in [3.63, 3.8) is 0 Å². The van der Waals surface area contributed by atoms with Crippen molar-refractivity contribution in [1.82, 2.24) is 15.3 Å². The molecule has 0 aromatic carbocycles. The van der Waals surface area contributed by atoms with Crippen LogP contribution in [0.4, 0.5) is 0 Å². The van der Waals surface area contributed by atoms with E-state index < -0.39 is 0 Å². The number of thioether (sulfide) groups is 1. The number of carbonyl (C=O) groups excluding carboxylic acids is 1. The number of nitrogens with one attached hydrogen (secondary N) is 1. The molecule has 0 unspecified atom stereocenters. The predicted octanol–water partition coefficient (Wildman–Crippen LogP) is 3.32. The lowest BCUT2D eigenvalue weighted by molar-refractivity contribution is -0.128. The van der Waals surface area contributed by atoms with Crippen LogP contribution in [0.2, 0.25) is 5.15 Å². The fourth-order valence-electron chi connectivity index (χ4n) is 5.28. The lowest BCUT2D eigenvalue weighted by Crippen LogP contribution is -2.60. The van der Waals surface area contributed by atoms with E-state index >= 15 is 0 Å². The van der Waals surface area contributed by atoms with Gasteiger partial charge in [0.25, 0.3) is 5.91 Å². The molecule has 5 nitrogen and oxygen atoms in total. The summed E-state index contributed by atoms with van der Waals surface area (Å²) in [5, 5.41) is 4.16. The molecular weight excluding hydrogens is 346 g/mol. The van der Waals surface area contributed by atoms with E-state index in [0.29, 0.717) is 16.2 Å². The summed E-state index contributed by atoms with van der Waals surface area (Å²) in [7, 11) is 0. The highest BCUT2D eigenvalue weighted by Gasteiger charge is 2.51. The molecule has 1 amide bonds. The normalized spacial score (nSPS) is 33.5. The second kappa shape index (κ2) is 6.37. The van der Waals surface area contributed by atoms with E-state index in [1.807, 2.05) is 6.26 Å². The smallest absolute Gasteiger partial charge is 0.258 e. The van der Waals surface area contributed by atoms with Crippen molar-refractivity contribution >= 4 is 29.3 Å². The minimum Gasteiger partial charge on any atom is -0.467 e. The summed E-state index contributed by atoms with van der Waals surface area (Å²) in [4.78, 5) is 20.7. The van der Waals surface area contributed by atoms with Gasteiger partial charge in [0, 0.05) is 11.6 Å². The molecule has 130 valence electrons. The second-order valence-corrected chi connectivity index (χ2v) is 8.71. The number of ether oxygens (including phenoxy) is 1. The lowest BCUT2D eigenvalue weighted by Gasteiger charge is -2.56. The Morgan fingerprint density at radius 3 is 2.50 bits per heavy atom. The SMILES string of the molecule is CSc1nc(Cl)cc(OCC(=O)NC23CC4CC(CC(C4)C2)C3)n1. The van der Waals surface area contributed by atoms with Gasteiger partial charge in [-0.2, -0.15) is 4.98 Å². The lowest BCUT2D eigenvalue weighted by atomic mass is 9.53. The average Bonchev–Trinajstić information content (AvgIpc) is 2.50. The molecule has 1 aromatic rings. The van der Waals surface area contributed by atoms with Gasteiger partial charge in [-0.3, -0.25) is 4.79 Å². The number of aromatic nitrogens is 2. The highest BCUT2D eigenvalue weighted by Crippen LogP contribution is 2.55. The number of carbonyl (C=O) groups is 1. The number of amides is 1. The van der Waals surface area contributed by atoms with E-state index in [1.165, 1.54) is 31.0 Å². The molecule has 24 heavy (non-hydrogen) atoms. The maximum Gasteiger partial charge on any atom is 0.258 e. The van der Waals surface area contributed by atoms with Crippen molar-refractivity contribution in [1.29, 1.82) is 0 Å². The molecular formula is C17H22ClN3O2S. The summed E-state index contributed by atoms with van der Waals surface area (Å²) < 4.78 is 5.54. The van der Waals surface area contributed by atoms with Crippen molar-refractivity contribution in [3.8, 4) is 5.88 Å². The first-order chi connectivity index (χ1) is 11.5. The predicted molar refractivity (Wildman–Crippen MR) is 93.4 cm³/mol. The number of halogens is 1. The van der Waals surface area contributed by atoms with Crippen LogP contribution in [0.1, 0.15) is 38.5 Å². The average molecular weight is 368 g/mol. The van der Waals surface area contributed by atoms with Crippen molar-refractivity contribution < 1.29 is 9.53 Å². The summed E-state index contributed by atoms with van der Waals surface area (Å²) in [5.74, 6) is 2.71. The van der Waals surface area contributed by atoms with Crippen LogP contribution < -0.4 is 10.1 Å². The maximum atomic E-state index is 12.4. The zero-order valence-electron chi connectivity index (χ0n) is 13.8. The Morgan fingerprint density at radius 1 is 1.29 bits per heavy atom. The molecule has 1 N–H and O–H groups in total. The van der Waals surface area contributed by atoms with Crippen LogP contribution in [0.15, 0.2) is 11.2 Å². The monoisotopic (exact) mass is 367 g/mol. The van der Waals surface area contributed by atoms with Gasteiger partial charge in [0.15, 0.2) is 11.8 Å². The van der Waals surface area contributed by atoms with Crippen LogP contribution in [0.25, 0.3) is 0 Å². The Bertz CT molecular complexity index is 619. The molecule has 4 aliphatic carbocycles. The Morgan fingerprint density at radius 2 is 1.92 bits per heavy atom. The molecule has 0 aliphatic heterocycles. The van der Waals surface area contributed by atoms with Gasteiger partial charge < -0.3 is 10.1 Å². The molecule has 0 saturated heterocycles. The summed E-state index contributed by atoms with van der Waals surface area (Å²) in [6, 6.07) is 1.54. The number of rotatable bonds is 5. The van der Waals surface area contributed by atoms with Crippen molar-refractivity contribution in [2.24, 2.45) is 17.8 Å². The zero-order chi connectivity index (χ0) is 16.7. The quantitative estimate of drug-likeness (QED) is 0.491. The maximum absolute atomic E-state index is 12.4. The third-order valence-electron chi connectivity index (χ3n) is 5.63. The molecule has 7 heteroatoms. The van der Waals surface area contributed by atoms with E-state index in [4.69, 9.17) is 16.3 Å². The highest BCUT2D eigenvalue weighted by molar-refractivity contribution is 7.98. The molecule has 4 fully saturated rings. The van der Waals surface area contributed by atoms with Crippen LogP contribution in [0.3, 0.4) is 0 Å². The minimum atomic E-state index is -0.0580. The van der Waals surface area contributed by atoms with Crippen molar-refractivity contribution in [3.05, 3.63) is 11.2 Å². The van der Waals surface area contributed by atoms with Crippen LogP contribution in [-0.2, 0) is 4.79 Å². The fraction of sp³-hybridized carbons (Fsp3) is 0.706. The first-order valence-electron chi connectivity index (χ1n) is 8.56. The Kier molecular flexibility index (Phi) is 4.37. The van der Waals surface area contributed by atoms with Crippen LogP contribution in [-0.4, -0.2) is 34.3 Å². The largest absolute Gasteiger partial charge is 0.467 e. The van der Waals surface area contributed by atoms with Crippen LogP contribution in [0.5, 0.6) is 5.88 Å². The van der Waals surface area contributed by atoms with Crippen molar-refractivity contribution in [2.75, 3.05) is 12.9 Å². The molecule has 0 atom stereocenters. The number of nitrogens with zero attached hydrogens (tertiary/aromatic N) is 2. The first-order valence-corrected chi connectivity index (χ1v) is 10.2. The second-order valence-electron chi connectivity index (χ2n) is 7.55. The Balaban J connectivity index is 1.36. The van der Waals surface area contributed by atoms with E-state index in [-0.39, 0.29) is 18.1 Å². The summed E-state index contributed by atoms with van der Waals surface area (Å²) in [6.07, 6.45) is 9.38. The Hall–Kier alpha value is -1.01. The van der Waals surface area contributed by atoms with Gasteiger partial charge in [-0.1, -0.05) is 23.4 Å².